The van der Waals surface area contributed by atoms with Crippen LogP contribution in [0.3, 0.4) is 0 Å². The average Bonchev–Trinajstić information content (AvgIpc) is 2.68. The second kappa shape index (κ2) is 4.53. The Balaban J connectivity index is 2.55. The number of cyclic esters (lactones) is 2. The van der Waals surface area contributed by atoms with Crippen molar-refractivity contribution in [3.05, 3.63) is 38.1 Å². The molecule has 1 aliphatic rings. The van der Waals surface area contributed by atoms with Crippen LogP contribution in [0.25, 0.3) is 6.08 Å². The van der Waals surface area contributed by atoms with Crippen LogP contribution in [0.2, 0.25) is 0 Å². The zero-order valence-electron chi connectivity index (χ0n) is 10.8. The summed E-state index contributed by atoms with van der Waals surface area (Å²) in [6.45, 7) is 7.61. The molecule has 1 aromatic heterocycles. The molecule has 2 rings (SSSR count). The van der Waals surface area contributed by atoms with E-state index in [9.17, 15) is 9.59 Å². The van der Waals surface area contributed by atoms with Gasteiger partial charge in [0.2, 0.25) is 0 Å². The van der Waals surface area contributed by atoms with Gasteiger partial charge < -0.3 is 4.74 Å². The van der Waals surface area contributed by atoms with Crippen molar-refractivity contribution in [1.29, 1.82) is 0 Å². The first-order chi connectivity index (χ1) is 8.40. The monoisotopic (exact) mass is 262 g/mol. The molecule has 1 aromatic rings. The van der Waals surface area contributed by atoms with Crippen LogP contribution in [-0.2, 0) is 14.3 Å². The van der Waals surface area contributed by atoms with E-state index in [2.05, 4.69) is 4.74 Å². The molecule has 3 nitrogen and oxygen atoms in total. The van der Waals surface area contributed by atoms with Gasteiger partial charge in [0.25, 0.3) is 0 Å². The number of allylic oxidation sites excluding steroid dienone is 1. The van der Waals surface area contributed by atoms with Crippen LogP contribution in [-0.4, -0.2) is 11.9 Å². The normalized spacial score (nSPS) is 17.6. The minimum atomic E-state index is -0.556. The Kier molecular flexibility index (Phi) is 3.22. The SMILES string of the molecule is CC(C)=C1C(=O)OC(=O)/C1=C\c1cc(C)sc1C. The summed E-state index contributed by atoms with van der Waals surface area (Å²) in [4.78, 5) is 25.6. The third-order valence-corrected chi connectivity index (χ3v) is 3.74. The molecule has 1 fully saturated rings. The molecular weight excluding hydrogens is 248 g/mol. The fourth-order valence-electron chi connectivity index (χ4n) is 1.96. The number of hydrogen-bond donors (Lipinski definition) is 0. The molecule has 1 aliphatic heterocycles. The summed E-state index contributed by atoms with van der Waals surface area (Å²) in [5, 5.41) is 0. The number of carbonyl (C=O) groups excluding carboxylic acids is 2. The van der Waals surface area contributed by atoms with Crippen molar-refractivity contribution in [2.24, 2.45) is 0 Å². The summed E-state index contributed by atoms with van der Waals surface area (Å²) in [6.07, 6.45) is 1.74. The van der Waals surface area contributed by atoms with Crippen LogP contribution in [0.5, 0.6) is 0 Å². The Morgan fingerprint density at radius 2 is 1.89 bits per heavy atom. The summed E-state index contributed by atoms with van der Waals surface area (Å²) in [7, 11) is 0. The molecule has 0 aromatic carbocycles. The number of thiophene rings is 1. The molecule has 0 spiro atoms. The molecule has 0 unspecified atom stereocenters. The van der Waals surface area contributed by atoms with Gasteiger partial charge >= 0.3 is 11.9 Å². The van der Waals surface area contributed by atoms with Gasteiger partial charge in [0.15, 0.2) is 0 Å². The molecule has 0 atom stereocenters. The van der Waals surface area contributed by atoms with Crippen LogP contribution in [0, 0.1) is 13.8 Å². The maximum atomic E-state index is 11.7. The van der Waals surface area contributed by atoms with Crippen LogP contribution in [0.1, 0.15) is 29.2 Å². The average molecular weight is 262 g/mol. The smallest absolute Gasteiger partial charge is 0.346 e. The molecular formula is C14H14O3S. The minimum Gasteiger partial charge on any atom is -0.386 e. The molecule has 0 saturated carbocycles. The van der Waals surface area contributed by atoms with E-state index in [1.807, 2.05) is 19.9 Å². The Hall–Kier alpha value is -1.68. The molecule has 0 aliphatic carbocycles. The first-order valence-electron chi connectivity index (χ1n) is 5.63. The molecule has 1 saturated heterocycles. The highest BCUT2D eigenvalue weighted by atomic mass is 32.1. The minimum absolute atomic E-state index is 0.362. The first-order valence-corrected chi connectivity index (χ1v) is 6.45. The second-order valence-corrected chi connectivity index (χ2v) is 5.94. The van der Waals surface area contributed by atoms with Crippen LogP contribution >= 0.6 is 11.3 Å². The molecule has 2 heterocycles. The lowest BCUT2D eigenvalue weighted by Gasteiger charge is -1.97. The lowest BCUT2D eigenvalue weighted by atomic mass is 10.0. The number of esters is 2. The van der Waals surface area contributed by atoms with Crippen molar-refractivity contribution in [2.45, 2.75) is 27.7 Å². The summed E-state index contributed by atoms with van der Waals surface area (Å²) in [5.41, 5.74) is 2.52. The predicted octanol–water partition coefficient (Wildman–Crippen LogP) is 3.17. The van der Waals surface area contributed by atoms with Crippen LogP contribution < -0.4 is 0 Å². The lowest BCUT2D eigenvalue weighted by Crippen LogP contribution is -1.97. The molecule has 94 valence electrons. The zero-order valence-corrected chi connectivity index (χ0v) is 11.6. The zero-order chi connectivity index (χ0) is 13.4. The molecule has 4 heteroatoms. The topological polar surface area (TPSA) is 43.4 Å². The second-order valence-electron chi connectivity index (χ2n) is 4.48. The van der Waals surface area contributed by atoms with Gasteiger partial charge in [-0.15, -0.1) is 11.3 Å². The third kappa shape index (κ3) is 2.16. The van der Waals surface area contributed by atoms with E-state index in [4.69, 9.17) is 0 Å². The van der Waals surface area contributed by atoms with Gasteiger partial charge in [-0.05, 0) is 45.4 Å². The van der Waals surface area contributed by atoms with Gasteiger partial charge in [-0.2, -0.15) is 0 Å². The van der Waals surface area contributed by atoms with Crippen LogP contribution in [0.4, 0.5) is 0 Å². The molecule has 0 radical (unpaired) electrons. The number of ether oxygens (including phenoxy) is 1. The van der Waals surface area contributed by atoms with Crippen molar-refractivity contribution in [2.75, 3.05) is 0 Å². The van der Waals surface area contributed by atoms with Gasteiger partial charge in [-0.1, -0.05) is 5.57 Å². The third-order valence-electron chi connectivity index (χ3n) is 2.76. The largest absolute Gasteiger partial charge is 0.386 e. The van der Waals surface area contributed by atoms with E-state index >= 15 is 0 Å². The molecule has 0 bridgehead atoms. The Morgan fingerprint density at radius 1 is 1.22 bits per heavy atom. The van der Waals surface area contributed by atoms with Gasteiger partial charge in [0.1, 0.15) is 0 Å². The molecule has 0 N–H and O–H groups in total. The van der Waals surface area contributed by atoms with E-state index in [1.54, 1.807) is 31.3 Å². The van der Waals surface area contributed by atoms with Crippen molar-refractivity contribution in [3.63, 3.8) is 0 Å². The summed E-state index contributed by atoms with van der Waals surface area (Å²) in [6, 6.07) is 2.01. The van der Waals surface area contributed by atoms with E-state index < -0.39 is 11.9 Å². The Labute approximate surface area is 110 Å². The van der Waals surface area contributed by atoms with Gasteiger partial charge in [-0.3, -0.25) is 0 Å². The van der Waals surface area contributed by atoms with Crippen molar-refractivity contribution in [3.8, 4) is 0 Å². The van der Waals surface area contributed by atoms with Gasteiger partial charge in [0, 0.05) is 9.75 Å². The highest BCUT2D eigenvalue weighted by molar-refractivity contribution is 7.12. The van der Waals surface area contributed by atoms with E-state index in [0.29, 0.717) is 11.1 Å². The molecule has 18 heavy (non-hydrogen) atoms. The Morgan fingerprint density at radius 3 is 2.39 bits per heavy atom. The van der Waals surface area contributed by atoms with E-state index in [-0.39, 0.29) is 0 Å². The summed E-state index contributed by atoms with van der Waals surface area (Å²) in [5.74, 6) is -1.10. The maximum Gasteiger partial charge on any atom is 0.346 e. The standard InChI is InChI=1S/C14H14O3S/c1-7(2)12-11(13(15)17-14(12)16)6-10-5-8(3)18-9(10)4/h5-6H,1-4H3/b11-6-. The Bertz CT molecular complexity index is 599. The number of carbonyl (C=O) groups is 2. The number of rotatable bonds is 1. The number of hydrogen-bond acceptors (Lipinski definition) is 4. The quantitative estimate of drug-likeness (QED) is 0.443. The van der Waals surface area contributed by atoms with E-state index in [1.165, 1.54) is 4.88 Å². The predicted molar refractivity (Wildman–Crippen MR) is 71.2 cm³/mol. The van der Waals surface area contributed by atoms with E-state index in [0.717, 1.165) is 16.0 Å². The van der Waals surface area contributed by atoms with Crippen molar-refractivity contribution < 1.29 is 14.3 Å². The van der Waals surface area contributed by atoms with Gasteiger partial charge in [-0.25, -0.2) is 9.59 Å². The lowest BCUT2D eigenvalue weighted by molar-refractivity contribution is -0.149. The highest BCUT2D eigenvalue weighted by Gasteiger charge is 2.34. The first kappa shape index (κ1) is 12.8. The summed E-state index contributed by atoms with van der Waals surface area (Å²) >= 11 is 1.67. The number of aryl methyl sites for hydroxylation is 2. The van der Waals surface area contributed by atoms with Gasteiger partial charge in [0.05, 0.1) is 11.1 Å². The van der Waals surface area contributed by atoms with Crippen LogP contribution in [0.15, 0.2) is 22.8 Å². The van der Waals surface area contributed by atoms with Crippen molar-refractivity contribution >= 4 is 29.4 Å². The molecule has 0 amide bonds. The fraction of sp³-hybridized carbons (Fsp3) is 0.286. The maximum absolute atomic E-state index is 11.7. The van der Waals surface area contributed by atoms with Crippen molar-refractivity contribution in [1.82, 2.24) is 0 Å². The summed E-state index contributed by atoms with van der Waals surface area (Å²) < 4.78 is 4.67. The fourth-order valence-corrected chi connectivity index (χ4v) is 2.86. The highest BCUT2D eigenvalue weighted by Crippen LogP contribution is 2.30.